The topological polar surface area (TPSA) is 65.2 Å². The van der Waals surface area contributed by atoms with Gasteiger partial charge in [0.05, 0.1) is 5.56 Å². The van der Waals surface area contributed by atoms with E-state index in [2.05, 4.69) is 21.1 Å². The molecule has 2 heterocycles. The molecule has 1 aromatic carbocycles. The second kappa shape index (κ2) is 4.75. The summed E-state index contributed by atoms with van der Waals surface area (Å²) in [4.78, 5) is 0. The average Bonchev–Trinajstić information content (AvgIpc) is 2.96. The standard InChI is InChI=1S/C13H8BrClN2O2/c14-8-4-2-1-3-7(8)11-12(17-19-13(11)16)9-5-6-10(15)18-9/h1-6H,16H2. The zero-order valence-electron chi connectivity index (χ0n) is 9.56. The van der Waals surface area contributed by atoms with Crippen LogP contribution in [0.3, 0.4) is 0 Å². The van der Waals surface area contributed by atoms with Crippen LogP contribution in [0.2, 0.25) is 5.22 Å². The van der Waals surface area contributed by atoms with Gasteiger partial charge in [-0.05, 0) is 29.8 Å². The molecule has 2 aromatic heterocycles. The van der Waals surface area contributed by atoms with Gasteiger partial charge >= 0.3 is 0 Å². The number of nitrogens with two attached hydrogens (primary N) is 1. The lowest BCUT2D eigenvalue weighted by Gasteiger charge is -2.03. The highest BCUT2D eigenvalue weighted by molar-refractivity contribution is 9.10. The van der Waals surface area contributed by atoms with Crippen molar-refractivity contribution in [3.63, 3.8) is 0 Å². The molecule has 0 aliphatic heterocycles. The Balaban J connectivity index is 2.22. The predicted molar refractivity (Wildman–Crippen MR) is 76.8 cm³/mol. The van der Waals surface area contributed by atoms with E-state index in [-0.39, 0.29) is 11.1 Å². The number of hydrogen-bond acceptors (Lipinski definition) is 4. The Morgan fingerprint density at radius 1 is 1.16 bits per heavy atom. The quantitative estimate of drug-likeness (QED) is 0.741. The number of furan rings is 1. The Bertz CT molecular complexity index is 736. The first-order valence-corrected chi connectivity index (χ1v) is 6.59. The summed E-state index contributed by atoms with van der Waals surface area (Å²) in [7, 11) is 0. The highest BCUT2D eigenvalue weighted by Crippen LogP contribution is 2.40. The molecule has 6 heteroatoms. The molecule has 0 saturated carbocycles. The number of nitrogen functional groups attached to an aromatic ring is 1. The molecule has 0 atom stereocenters. The van der Waals surface area contributed by atoms with Gasteiger partial charge < -0.3 is 14.7 Å². The summed E-state index contributed by atoms with van der Waals surface area (Å²) < 4.78 is 11.3. The van der Waals surface area contributed by atoms with Crippen LogP contribution in [0.25, 0.3) is 22.6 Å². The number of hydrogen-bond donors (Lipinski definition) is 1. The number of benzene rings is 1. The van der Waals surface area contributed by atoms with Crippen molar-refractivity contribution in [3.8, 4) is 22.6 Å². The predicted octanol–water partition coefficient (Wildman–Crippen LogP) is 4.60. The molecule has 0 aliphatic rings. The summed E-state index contributed by atoms with van der Waals surface area (Å²) in [6.45, 7) is 0. The summed E-state index contributed by atoms with van der Waals surface area (Å²) in [6.07, 6.45) is 0. The molecule has 96 valence electrons. The van der Waals surface area contributed by atoms with Gasteiger partial charge in [0.25, 0.3) is 0 Å². The van der Waals surface area contributed by atoms with Crippen molar-refractivity contribution >= 4 is 33.4 Å². The maximum absolute atomic E-state index is 5.86. The number of halogens is 2. The Hall–Kier alpha value is -1.72. The largest absolute Gasteiger partial charge is 0.443 e. The third kappa shape index (κ3) is 2.15. The van der Waals surface area contributed by atoms with E-state index in [1.165, 1.54) is 0 Å². The Labute approximate surface area is 122 Å². The number of aromatic nitrogens is 1. The fraction of sp³-hybridized carbons (Fsp3) is 0. The van der Waals surface area contributed by atoms with Crippen LogP contribution in [0.1, 0.15) is 0 Å². The molecule has 0 aliphatic carbocycles. The van der Waals surface area contributed by atoms with Gasteiger partial charge in [-0.1, -0.05) is 39.3 Å². The third-order valence-corrected chi connectivity index (χ3v) is 3.56. The van der Waals surface area contributed by atoms with Crippen LogP contribution in [0.5, 0.6) is 0 Å². The SMILES string of the molecule is Nc1onc(-c2ccc(Cl)o2)c1-c1ccccc1Br. The van der Waals surface area contributed by atoms with E-state index in [1.807, 2.05) is 24.3 Å². The van der Waals surface area contributed by atoms with Crippen LogP contribution in [0.4, 0.5) is 5.88 Å². The molecule has 0 saturated heterocycles. The first-order valence-electron chi connectivity index (χ1n) is 5.42. The Morgan fingerprint density at radius 2 is 1.95 bits per heavy atom. The number of nitrogens with zero attached hydrogens (tertiary/aromatic N) is 1. The number of rotatable bonds is 2. The minimum atomic E-state index is 0.231. The van der Waals surface area contributed by atoms with E-state index in [1.54, 1.807) is 12.1 Å². The molecule has 2 N–H and O–H groups in total. The van der Waals surface area contributed by atoms with E-state index in [9.17, 15) is 0 Å². The highest BCUT2D eigenvalue weighted by Gasteiger charge is 2.21. The van der Waals surface area contributed by atoms with Gasteiger partial charge in [-0.25, -0.2) is 0 Å². The average molecular weight is 340 g/mol. The molecule has 0 amide bonds. The minimum absolute atomic E-state index is 0.231. The normalized spacial score (nSPS) is 10.8. The molecule has 0 spiro atoms. The van der Waals surface area contributed by atoms with Crippen LogP contribution in [0.15, 0.2) is 49.8 Å². The first-order chi connectivity index (χ1) is 9.16. The molecule has 19 heavy (non-hydrogen) atoms. The summed E-state index contributed by atoms with van der Waals surface area (Å²) in [5.74, 6) is 0.741. The van der Waals surface area contributed by atoms with Gasteiger partial charge in [-0.15, -0.1) is 0 Å². The van der Waals surface area contributed by atoms with Gasteiger partial charge in [0.1, 0.15) is 0 Å². The summed E-state index contributed by atoms with van der Waals surface area (Å²) in [5.41, 5.74) is 7.94. The monoisotopic (exact) mass is 338 g/mol. The minimum Gasteiger partial charge on any atom is -0.443 e. The second-order valence-corrected chi connectivity index (χ2v) is 5.08. The lowest BCUT2D eigenvalue weighted by molar-refractivity contribution is 0.436. The fourth-order valence-corrected chi connectivity index (χ4v) is 2.47. The van der Waals surface area contributed by atoms with Crippen molar-refractivity contribution in [2.45, 2.75) is 0 Å². The highest BCUT2D eigenvalue weighted by atomic mass is 79.9. The first kappa shape index (κ1) is 12.3. The molecule has 0 unspecified atom stereocenters. The fourth-order valence-electron chi connectivity index (χ4n) is 1.84. The smallest absolute Gasteiger partial charge is 0.230 e. The van der Waals surface area contributed by atoms with Gasteiger partial charge in [0.2, 0.25) is 5.88 Å². The maximum atomic E-state index is 5.86. The van der Waals surface area contributed by atoms with Crippen molar-refractivity contribution in [2.75, 3.05) is 5.73 Å². The van der Waals surface area contributed by atoms with Crippen molar-refractivity contribution in [1.29, 1.82) is 0 Å². The molecule has 3 aromatic rings. The lowest BCUT2D eigenvalue weighted by atomic mass is 10.0. The molecule has 0 radical (unpaired) electrons. The van der Waals surface area contributed by atoms with E-state index in [0.717, 1.165) is 10.0 Å². The zero-order chi connectivity index (χ0) is 13.4. The number of anilines is 1. The van der Waals surface area contributed by atoms with Crippen molar-refractivity contribution < 1.29 is 8.94 Å². The van der Waals surface area contributed by atoms with Crippen LogP contribution >= 0.6 is 27.5 Å². The van der Waals surface area contributed by atoms with Crippen LogP contribution in [-0.2, 0) is 0 Å². The molecule has 4 nitrogen and oxygen atoms in total. The molecular weight excluding hydrogens is 332 g/mol. The lowest BCUT2D eigenvalue weighted by Crippen LogP contribution is -1.88. The molecule has 0 fully saturated rings. The summed E-state index contributed by atoms with van der Waals surface area (Å²) >= 11 is 9.26. The van der Waals surface area contributed by atoms with Gasteiger partial charge in [-0.2, -0.15) is 0 Å². The van der Waals surface area contributed by atoms with Gasteiger partial charge in [0, 0.05) is 10.0 Å². The third-order valence-electron chi connectivity index (χ3n) is 2.67. The van der Waals surface area contributed by atoms with E-state index in [4.69, 9.17) is 26.3 Å². The molecule has 0 bridgehead atoms. The van der Waals surface area contributed by atoms with Crippen LogP contribution < -0.4 is 5.73 Å². The summed E-state index contributed by atoms with van der Waals surface area (Å²) in [5, 5.41) is 4.23. The summed E-state index contributed by atoms with van der Waals surface area (Å²) in [6, 6.07) is 11.0. The Kier molecular flexibility index (Phi) is 3.08. The second-order valence-electron chi connectivity index (χ2n) is 3.85. The zero-order valence-corrected chi connectivity index (χ0v) is 11.9. The maximum Gasteiger partial charge on any atom is 0.230 e. The molecule has 3 rings (SSSR count). The molecular formula is C13H8BrClN2O2. The van der Waals surface area contributed by atoms with Crippen LogP contribution in [-0.4, -0.2) is 5.16 Å². The van der Waals surface area contributed by atoms with E-state index < -0.39 is 0 Å². The van der Waals surface area contributed by atoms with Crippen molar-refractivity contribution in [3.05, 3.63) is 46.1 Å². The Morgan fingerprint density at radius 3 is 2.63 bits per heavy atom. The van der Waals surface area contributed by atoms with Crippen molar-refractivity contribution in [1.82, 2.24) is 5.16 Å². The van der Waals surface area contributed by atoms with Crippen LogP contribution in [0, 0.1) is 0 Å². The van der Waals surface area contributed by atoms with Gasteiger partial charge in [-0.3, -0.25) is 0 Å². The van der Waals surface area contributed by atoms with Gasteiger partial charge in [0.15, 0.2) is 16.7 Å². The van der Waals surface area contributed by atoms with Crippen molar-refractivity contribution in [2.24, 2.45) is 0 Å². The van der Waals surface area contributed by atoms with E-state index in [0.29, 0.717) is 17.0 Å². The van der Waals surface area contributed by atoms with E-state index >= 15 is 0 Å².